The number of benzene rings is 1. The molecule has 128 valence electrons. The van der Waals surface area contributed by atoms with Crippen LogP contribution >= 0.6 is 0 Å². The molecule has 1 aromatic carbocycles. The molecule has 2 rings (SSSR count). The molecule has 0 aromatic heterocycles. The minimum Gasteiger partial charge on any atom is -0.493 e. The number of carbonyl (C=O) groups is 1. The zero-order valence-corrected chi connectivity index (χ0v) is 14.4. The molecule has 0 spiro atoms. The molecule has 1 heterocycles. The lowest BCUT2D eigenvalue weighted by atomic mass is 10.0. The van der Waals surface area contributed by atoms with Crippen LogP contribution in [0, 0.1) is 0 Å². The fraction of sp³-hybridized carbons (Fsp3) is 0.611. The first-order valence-corrected chi connectivity index (χ1v) is 8.50. The number of esters is 1. The third-order valence-corrected chi connectivity index (χ3v) is 4.26. The summed E-state index contributed by atoms with van der Waals surface area (Å²) in [5, 5.41) is 0. The summed E-state index contributed by atoms with van der Waals surface area (Å²) >= 11 is 0. The van der Waals surface area contributed by atoms with Crippen LogP contribution in [0.5, 0.6) is 11.5 Å². The van der Waals surface area contributed by atoms with Gasteiger partial charge in [0.2, 0.25) is 0 Å². The van der Waals surface area contributed by atoms with Gasteiger partial charge in [0.1, 0.15) is 6.54 Å². The lowest BCUT2D eigenvalue weighted by Gasteiger charge is -2.31. The van der Waals surface area contributed by atoms with Crippen LogP contribution in [-0.4, -0.2) is 38.9 Å². The van der Waals surface area contributed by atoms with Crippen LogP contribution in [0.2, 0.25) is 0 Å². The molecule has 23 heavy (non-hydrogen) atoms. The van der Waals surface area contributed by atoms with E-state index < -0.39 is 0 Å². The Hall–Kier alpha value is -1.75. The van der Waals surface area contributed by atoms with Crippen molar-refractivity contribution < 1.29 is 23.9 Å². The van der Waals surface area contributed by atoms with Gasteiger partial charge in [0.05, 0.1) is 26.9 Å². The third-order valence-electron chi connectivity index (χ3n) is 4.26. The monoisotopic (exact) mass is 322 g/mol. The average Bonchev–Trinajstić information content (AvgIpc) is 2.56. The van der Waals surface area contributed by atoms with E-state index in [4.69, 9.17) is 14.2 Å². The van der Waals surface area contributed by atoms with E-state index in [1.807, 2.05) is 32.0 Å². The maximum absolute atomic E-state index is 12.2. The number of piperidine rings is 1. The Morgan fingerprint density at radius 3 is 2.74 bits per heavy atom. The van der Waals surface area contributed by atoms with Gasteiger partial charge in [0.25, 0.3) is 0 Å². The zero-order chi connectivity index (χ0) is 16.7. The molecule has 5 heteroatoms. The van der Waals surface area contributed by atoms with Crippen molar-refractivity contribution in [3.05, 3.63) is 23.8 Å². The summed E-state index contributed by atoms with van der Waals surface area (Å²) in [6.07, 6.45) is 3.15. The lowest BCUT2D eigenvalue weighted by Crippen LogP contribution is -3.16. The molecule has 2 atom stereocenters. The first-order valence-electron chi connectivity index (χ1n) is 8.50. The topological polar surface area (TPSA) is 49.2 Å². The Labute approximate surface area is 138 Å². The van der Waals surface area contributed by atoms with Gasteiger partial charge in [-0.3, -0.25) is 0 Å². The van der Waals surface area contributed by atoms with Crippen LogP contribution < -0.4 is 14.4 Å². The number of quaternary nitrogens is 1. The minimum absolute atomic E-state index is 0.0543. The number of hydrogen-bond acceptors (Lipinski definition) is 4. The largest absolute Gasteiger partial charge is 0.493 e. The van der Waals surface area contributed by atoms with E-state index in [1.54, 1.807) is 7.11 Å². The van der Waals surface area contributed by atoms with Crippen LogP contribution in [0.15, 0.2) is 18.2 Å². The molecule has 0 saturated carbocycles. The van der Waals surface area contributed by atoms with Gasteiger partial charge in [-0.2, -0.15) is 0 Å². The number of nitrogens with one attached hydrogen (secondary N) is 1. The molecule has 0 aliphatic carbocycles. The summed E-state index contributed by atoms with van der Waals surface area (Å²) in [6, 6.07) is 5.95. The maximum atomic E-state index is 12.2. The van der Waals surface area contributed by atoms with Crippen molar-refractivity contribution in [1.82, 2.24) is 0 Å². The predicted octanol–water partition coefficient (Wildman–Crippen LogP) is 1.59. The van der Waals surface area contributed by atoms with E-state index in [0.29, 0.717) is 13.2 Å². The van der Waals surface area contributed by atoms with Crippen LogP contribution in [0.1, 0.15) is 38.7 Å². The summed E-state index contributed by atoms with van der Waals surface area (Å²) in [4.78, 5) is 13.5. The fourth-order valence-corrected chi connectivity index (χ4v) is 3.18. The van der Waals surface area contributed by atoms with Gasteiger partial charge in [0.15, 0.2) is 17.5 Å². The highest BCUT2D eigenvalue weighted by molar-refractivity contribution is 5.74. The quantitative estimate of drug-likeness (QED) is 0.775. The molecule has 1 fully saturated rings. The Morgan fingerprint density at radius 1 is 1.22 bits per heavy atom. The van der Waals surface area contributed by atoms with Gasteiger partial charge < -0.3 is 19.1 Å². The van der Waals surface area contributed by atoms with E-state index in [2.05, 4.69) is 0 Å². The van der Waals surface area contributed by atoms with E-state index in [0.717, 1.165) is 49.4 Å². The summed E-state index contributed by atoms with van der Waals surface area (Å²) in [5.74, 6) is 1.43. The summed E-state index contributed by atoms with van der Waals surface area (Å²) in [6.45, 7) is 6.66. The Bertz CT molecular complexity index is 518. The van der Waals surface area contributed by atoms with E-state index in [-0.39, 0.29) is 12.0 Å². The van der Waals surface area contributed by atoms with E-state index >= 15 is 0 Å². The molecule has 1 aliphatic heterocycles. The highest BCUT2D eigenvalue weighted by Gasteiger charge is 2.33. The summed E-state index contributed by atoms with van der Waals surface area (Å²) < 4.78 is 16.2. The predicted molar refractivity (Wildman–Crippen MR) is 88.0 cm³/mol. The van der Waals surface area contributed by atoms with Gasteiger partial charge in [-0.05, 0) is 44.9 Å². The number of methoxy groups -OCH3 is 1. The van der Waals surface area contributed by atoms with Crippen LogP contribution in [0.3, 0.4) is 0 Å². The van der Waals surface area contributed by atoms with E-state index in [1.165, 1.54) is 4.90 Å². The molecule has 5 nitrogen and oxygen atoms in total. The number of ether oxygens (including phenoxy) is 3. The fourth-order valence-electron chi connectivity index (χ4n) is 3.18. The second kappa shape index (κ2) is 8.77. The number of carbonyl (C=O) groups excluding carboxylic acids is 1. The molecule has 1 N–H and O–H groups in total. The number of rotatable bonds is 7. The van der Waals surface area contributed by atoms with Crippen molar-refractivity contribution >= 4 is 5.97 Å². The second-order valence-corrected chi connectivity index (χ2v) is 5.80. The van der Waals surface area contributed by atoms with Crippen molar-refractivity contribution in [3.63, 3.8) is 0 Å². The molecule has 1 saturated heterocycles. The van der Waals surface area contributed by atoms with Gasteiger partial charge in [-0.25, -0.2) is 4.79 Å². The van der Waals surface area contributed by atoms with Crippen LogP contribution in [-0.2, 0) is 16.1 Å². The molecule has 1 aliphatic rings. The third kappa shape index (κ3) is 4.61. The summed E-state index contributed by atoms with van der Waals surface area (Å²) in [7, 11) is 1.64. The minimum atomic E-state index is -0.0688. The van der Waals surface area contributed by atoms with E-state index in [9.17, 15) is 4.79 Å². The van der Waals surface area contributed by atoms with Crippen molar-refractivity contribution in [2.24, 2.45) is 0 Å². The first kappa shape index (κ1) is 17.6. The first-order chi connectivity index (χ1) is 11.2. The zero-order valence-electron chi connectivity index (χ0n) is 14.4. The maximum Gasteiger partial charge on any atom is 0.364 e. The smallest absolute Gasteiger partial charge is 0.364 e. The molecular weight excluding hydrogens is 294 g/mol. The van der Waals surface area contributed by atoms with Crippen LogP contribution in [0.4, 0.5) is 0 Å². The highest BCUT2D eigenvalue weighted by Crippen LogP contribution is 2.27. The standard InChI is InChI=1S/C18H27NO4/c1-4-22-17-12-14(9-10-16(17)21-3)13-19-11-7-6-8-15(19)18(20)23-5-2/h9-10,12,15H,4-8,11,13H2,1-3H3/p+1/t15-/m0/s1. The van der Waals surface area contributed by atoms with Crippen molar-refractivity contribution in [2.45, 2.75) is 45.7 Å². The second-order valence-electron chi connectivity index (χ2n) is 5.80. The van der Waals surface area contributed by atoms with Gasteiger partial charge in [-0.1, -0.05) is 0 Å². The number of likely N-dealkylation sites (tertiary alicyclic amines) is 1. The molecular formula is C18H28NO4+. The van der Waals surface area contributed by atoms with Crippen molar-refractivity contribution in [1.29, 1.82) is 0 Å². The molecule has 0 amide bonds. The Morgan fingerprint density at radius 2 is 2.04 bits per heavy atom. The van der Waals surface area contributed by atoms with Gasteiger partial charge in [0, 0.05) is 12.0 Å². The lowest BCUT2D eigenvalue weighted by molar-refractivity contribution is -0.935. The molecule has 1 unspecified atom stereocenters. The SMILES string of the molecule is CCOC(=O)[C@@H]1CCCC[NH+]1Cc1ccc(OC)c(OCC)c1. The van der Waals surface area contributed by atoms with Gasteiger partial charge >= 0.3 is 5.97 Å². The summed E-state index contributed by atoms with van der Waals surface area (Å²) in [5.41, 5.74) is 1.15. The Balaban J connectivity index is 2.12. The van der Waals surface area contributed by atoms with Crippen molar-refractivity contribution in [3.8, 4) is 11.5 Å². The average molecular weight is 322 g/mol. The molecule has 0 bridgehead atoms. The normalized spacial score (nSPS) is 20.8. The van der Waals surface area contributed by atoms with Gasteiger partial charge in [-0.15, -0.1) is 0 Å². The molecule has 0 radical (unpaired) electrons. The van der Waals surface area contributed by atoms with Crippen molar-refractivity contribution in [2.75, 3.05) is 26.9 Å². The van der Waals surface area contributed by atoms with Crippen LogP contribution in [0.25, 0.3) is 0 Å². The Kier molecular flexibility index (Phi) is 6.71. The highest BCUT2D eigenvalue weighted by atomic mass is 16.5. The number of hydrogen-bond donors (Lipinski definition) is 1. The molecule has 1 aromatic rings.